The standard InChI is InChI=1S/C10H16ClN3O2/c1-13-4-3-7(15)9(16)8-6(12)2-5-14-10(8)11/h2,5,7,9,13,15-16H,3-4H2,1H3,(H2,12,14). The maximum absolute atomic E-state index is 9.90. The fourth-order valence-corrected chi connectivity index (χ4v) is 1.67. The quantitative estimate of drug-likeness (QED) is 0.561. The predicted octanol–water partition coefficient (Wildman–Crippen LogP) is 0.321. The number of nitrogens with two attached hydrogens (primary N) is 1. The summed E-state index contributed by atoms with van der Waals surface area (Å²) in [7, 11) is 1.77. The maximum Gasteiger partial charge on any atom is 0.136 e. The molecule has 1 heterocycles. The summed E-state index contributed by atoms with van der Waals surface area (Å²) in [5, 5.41) is 22.6. The van der Waals surface area contributed by atoms with Crippen LogP contribution in [0.3, 0.4) is 0 Å². The molecule has 0 amide bonds. The first kappa shape index (κ1) is 13.2. The van der Waals surface area contributed by atoms with Crippen molar-refractivity contribution in [2.75, 3.05) is 19.3 Å². The lowest BCUT2D eigenvalue weighted by Gasteiger charge is -2.19. The Balaban J connectivity index is 2.82. The lowest BCUT2D eigenvalue weighted by atomic mass is 10.0. The lowest BCUT2D eigenvalue weighted by Crippen LogP contribution is -2.24. The minimum absolute atomic E-state index is 0.121. The number of aliphatic hydroxyl groups is 2. The number of nitrogen functional groups attached to an aromatic ring is 1. The van der Waals surface area contributed by atoms with E-state index in [4.69, 9.17) is 17.3 Å². The van der Waals surface area contributed by atoms with Crippen LogP contribution in [0.25, 0.3) is 0 Å². The van der Waals surface area contributed by atoms with Crippen LogP contribution in [0, 0.1) is 0 Å². The Bertz CT molecular complexity index is 329. The van der Waals surface area contributed by atoms with Gasteiger partial charge in [-0.15, -0.1) is 0 Å². The second kappa shape index (κ2) is 6.00. The average Bonchev–Trinajstić information content (AvgIpc) is 2.25. The van der Waals surface area contributed by atoms with Crippen molar-refractivity contribution in [3.8, 4) is 0 Å². The normalized spacial score (nSPS) is 14.8. The number of nitrogens with zero attached hydrogens (tertiary/aromatic N) is 1. The maximum atomic E-state index is 9.90. The smallest absolute Gasteiger partial charge is 0.136 e. The van der Waals surface area contributed by atoms with Crippen molar-refractivity contribution >= 4 is 17.3 Å². The summed E-state index contributed by atoms with van der Waals surface area (Å²) in [6.45, 7) is 0.593. The molecule has 0 aliphatic carbocycles. The Morgan fingerprint density at radius 2 is 2.25 bits per heavy atom. The summed E-state index contributed by atoms with van der Waals surface area (Å²) in [5.74, 6) is 0. The molecule has 2 atom stereocenters. The topological polar surface area (TPSA) is 91.4 Å². The fraction of sp³-hybridized carbons (Fsp3) is 0.500. The zero-order valence-electron chi connectivity index (χ0n) is 9.02. The van der Waals surface area contributed by atoms with Gasteiger partial charge in [-0.05, 0) is 26.1 Å². The van der Waals surface area contributed by atoms with Crippen LogP contribution in [0.2, 0.25) is 5.15 Å². The molecule has 1 rings (SSSR count). The molecule has 0 spiro atoms. The fourth-order valence-electron chi connectivity index (χ4n) is 1.40. The molecule has 0 radical (unpaired) electrons. The number of aromatic nitrogens is 1. The summed E-state index contributed by atoms with van der Waals surface area (Å²) in [6.07, 6.45) is -0.179. The van der Waals surface area contributed by atoms with Crippen molar-refractivity contribution in [1.29, 1.82) is 0 Å². The van der Waals surface area contributed by atoms with Gasteiger partial charge in [-0.25, -0.2) is 4.98 Å². The molecule has 5 nitrogen and oxygen atoms in total. The van der Waals surface area contributed by atoms with Crippen LogP contribution in [0.15, 0.2) is 12.3 Å². The van der Waals surface area contributed by atoms with Crippen molar-refractivity contribution < 1.29 is 10.2 Å². The van der Waals surface area contributed by atoms with Crippen LogP contribution in [-0.2, 0) is 0 Å². The number of aliphatic hydroxyl groups excluding tert-OH is 2. The molecule has 2 unspecified atom stereocenters. The van der Waals surface area contributed by atoms with E-state index in [-0.39, 0.29) is 10.7 Å². The zero-order valence-corrected chi connectivity index (χ0v) is 9.78. The minimum Gasteiger partial charge on any atom is -0.398 e. The van der Waals surface area contributed by atoms with Crippen LogP contribution in [0.5, 0.6) is 0 Å². The highest BCUT2D eigenvalue weighted by atomic mass is 35.5. The Kier molecular flexibility index (Phi) is 4.95. The van der Waals surface area contributed by atoms with Crippen molar-refractivity contribution in [3.63, 3.8) is 0 Å². The number of hydrogen-bond acceptors (Lipinski definition) is 5. The van der Waals surface area contributed by atoms with Crippen LogP contribution in [0.4, 0.5) is 5.69 Å². The van der Waals surface area contributed by atoms with E-state index in [0.717, 1.165) is 0 Å². The molecule has 5 N–H and O–H groups in total. The van der Waals surface area contributed by atoms with E-state index < -0.39 is 12.2 Å². The Morgan fingerprint density at radius 1 is 1.56 bits per heavy atom. The Labute approximate surface area is 99.3 Å². The third-order valence-electron chi connectivity index (χ3n) is 2.33. The van der Waals surface area contributed by atoms with Gasteiger partial charge in [-0.3, -0.25) is 0 Å². The van der Waals surface area contributed by atoms with E-state index in [1.54, 1.807) is 7.05 Å². The summed E-state index contributed by atoms with van der Waals surface area (Å²) < 4.78 is 0. The van der Waals surface area contributed by atoms with Gasteiger partial charge in [0.1, 0.15) is 11.3 Å². The first-order chi connectivity index (χ1) is 7.57. The first-order valence-corrected chi connectivity index (χ1v) is 5.36. The van der Waals surface area contributed by atoms with Gasteiger partial charge in [0.2, 0.25) is 0 Å². The van der Waals surface area contributed by atoms with E-state index in [2.05, 4.69) is 10.3 Å². The number of hydrogen-bond donors (Lipinski definition) is 4. The van der Waals surface area contributed by atoms with E-state index in [0.29, 0.717) is 18.7 Å². The number of rotatable bonds is 5. The molecule has 0 saturated carbocycles. The van der Waals surface area contributed by atoms with Crippen molar-refractivity contribution in [1.82, 2.24) is 10.3 Å². The van der Waals surface area contributed by atoms with Gasteiger partial charge >= 0.3 is 0 Å². The Morgan fingerprint density at radius 3 is 2.81 bits per heavy atom. The molecule has 0 aliphatic rings. The van der Waals surface area contributed by atoms with E-state index in [1.165, 1.54) is 12.3 Å². The predicted molar refractivity (Wildman–Crippen MR) is 63.2 cm³/mol. The van der Waals surface area contributed by atoms with Gasteiger partial charge < -0.3 is 21.3 Å². The van der Waals surface area contributed by atoms with Gasteiger partial charge in [0.25, 0.3) is 0 Å². The van der Waals surface area contributed by atoms with Crippen molar-refractivity contribution in [2.24, 2.45) is 0 Å². The van der Waals surface area contributed by atoms with Crippen LogP contribution in [-0.4, -0.2) is 34.9 Å². The molecule has 6 heteroatoms. The number of pyridine rings is 1. The van der Waals surface area contributed by atoms with Gasteiger partial charge in [-0.2, -0.15) is 0 Å². The Hall–Kier alpha value is -0.880. The molecule has 0 fully saturated rings. The van der Waals surface area contributed by atoms with Gasteiger partial charge in [0.05, 0.1) is 6.10 Å². The number of anilines is 1. The summed E-state index contributed by atoms with van der Waals surface area (Å²) >= 11 is 5.82. The summed E-state index contributed by atoms with van der Waals surface area (Å²) in [6, 6.07) is 1.54. The monoisotopic (exact) mass is 245 g/mol. The molecule has 0 aliphatic heterocycles. The highest BCUT2D eigenvalue weighted by Crippen LogP contribution is 2.29. The van der Waals surface area contributed by atoms with E-state index in [1.807, 2.05) is 0 Å². The first-order valence-electron chi connectivity index (χ1n) is 4.98. The second-order valence-corrected chi connectivity index (χ2v) is 3.87. The molecule has 0 saturated heterocycles. The highest BCUT2D eigenvalue weighted by molar-refractivity contribution is 6.30. The highest BCUT2D eigenvalue weighted by Gasteiger charge is 2.23. The average molecular weight is 246 g/mol. The van der Waals surface area contributed by atoms with Crippen molar-refractivity contribution in [3.05, 3.63) is 23.0 Å². The van der Waals surface area contributed by atoms with Crippen LogP contribution >= 0.6 is 11.6 Å². The molecular formula is C10H16ClN3O2. The molecule has 1 aromatic rings. The number of nitrogens with one attached hydrogen (secondary N) is 1. The van der Waals surface area contributed by atoms with Crippen LogP contribution < -0.4 is 11.1 Å². The molecular weight excluding hydrogens is 230 g/mol. The largest absolute Gasteiger partial charge is 0.398 e. The molecule has 1 aromatic heterocycles. The minimum atomic E-state index is -1.12. The summed E-state index contributed by atoms with van der Waals surface area (Å²) in [5.41, 5.74) is 6.29. The molecule has 0 aromatic carbocycles. The van der Waals surface area contributed by atoms with Gasteiger partial charge in [0.15, 0.2) is 0 Å². The SMILES string of the molecule is CNCCC(O)C(O)c1c(N)ccnc1Cl. The number of halogens is 1. The third-order valence-corrected chi connectivity index (χ3v) is 2.63. The second-order valence-electron chi connectivity index (χ2n) is 3.51. The molecule has 90 valence electrons. The van der Waals surface area contributed by atoms with Gasteiger partial charge in [0, 0.05) is 17.4 Å². The van der Waals surface area contributed by atoms with Crippen molar-refractivity contribution in [2.45, 2.75) is 18.6 Å². The molecule has 16 heavy (non-hydrogen) atoms. The van der Waals surface area contributed by atoms with E-state index in [9.17, 15) is 10.2 Å². The lowest BCUT2D eigenvalue weighted by molar-refractivity contribution is 0.0143. The summed E-state index contributed by atoms with van der Waals surface area (Å²) in [4.78, 5) is 3.82. The third kappa shape index (κ3) is 3.05. The molecule has 0 bridgehead atoms. The zero-order chi connectivity index (χ0) is 12.1. The van der Waals surface area contributed by atoms with E-state index >= 15 is 0 Å². The van der Waals surface area contributed by atoms with Gasteiger partial charge in [-0.1, -0.05) is 11.6 Å². The van der Waals surface area contributed by atoms with Crippen LogP contribution in [0.1, 0.15) is 18.1 Å².